The summed E-state index contributed by atoms with van der Waals surface area (Å²) in [7, 11) is 0. The molecule has 0 saturated carbocycles. The monoisotopic (exact) mass is 270 g/mol. The Hall–Kier alpha value is -0.610. The zero-order chi connectivity index (χ0) is 14.4. The molecule has 0 aromatic carbocycles. The van der Waals surface area contributed by atoms with Crippen molar-refractivity contribution in [3.8, 4) is 0 Å². The molecule has 0 aliphatic carbocycles. The van der Waals surface area contributed by atoms with Gasteiger partial charge in [0, 0.05) is 13.2 Å². The number of ether oxygens (including phenoxy) is 1. The van der Waals surface area contributed by atoms with Gasteiger partial charge in [-0.3, -0.25) is 10.1 Å². The maximum atomic E-state index is 12.3. The molecule has 4 heteroatoms. The first-order valence-corrected chi connectivity index (χ1v) is 7.61. The summed E-state index contributed by atoms with van der Waals surface area (Å²) in [5.74, 6) is 1.21. The Bertz CT molecular complexity index is 279. The van der Waals surface area contributed by atoms with Gasteiger partial charge in [0.1, 0.15) is 0 Å². The molecule has 0 bridgehead atoms. The van der Waals surface area contributed by atoms with Gasteiger partial charge in [0.05, 0.1) is 18.8 Å². The number of hydrogen-bond acceptors (Lipinski definition) is 3. The third kappa shape index (κ3) is 4.77. The predicted octanol–water partition coefficient (Wildman–Crippen LogP) is 2.24. The molecule has 1 amide bonds. The molecule has 1 rings (SSSR count). The van der Waals surface area contributed by atoms with E-state index in [0.717, 1.165) is 19.4 Å². The Morgan fingerprint density at radius 2 is 2.00 bits per heavy atom. The number of carbonyl (C=O) groups is 1. The molecule has 1 aliphatic rings. The second-order valence-electron chi connectivity index (χ2n) is 6.20. The van der Waals surface area contributed by atoms with Crippen molar-refractivity contribution in [3.63, 3.8) is 0 Å². The molecule has 1 aliphatic heterocycles. The van der Waals surface area contributed by atoms with Crippen LogP contribution in [0.1, 0.15) is 47.5 Å². The van der Waals surface area contributed by atoms with Crippen LogP contribution in [0.4, 0.5) is 0 Å². The highest BCUT2D eigenvalue weighted by Gasteiger charge is 2.39. The molecule has 1 fully saturated rings. The molecule has 1 N–H and O–H groups in total. The van der Waals surface area contributed by atoms with Gasteiger partial charge in [0.25, 0.3) is 0 Å². The van der Waals surface area contributed by atoms with Crippen molar-refractivity contribution in [1.29, 1.82) is 0 Å². The summed E-state index contributed by atoms with van der Waals surface area (Å²) in [6, 6.07) is 0.00231. The molecule has 0 spiro atoms. The lowest BCUT2D eigenvalue weighted by atomic mass is 10.1. The number of hydrogen-bond donors (Lipinski definition) is 1. The van der Waals surface area contributed by atoms with Crippen LogP contribution in [-0.2, 0) is 9.53 Å². The molecule has 4 nitrogen and oxygen atoms in total. The lowest BCUT2D eigenvalue weighted by molar-refractivity contribution is -0.131. The van der Waals surface area contributed by atoms with E-state index in [9.17, 15) is 4.79 Å². The van der Waals surface area contributed by atoms with Crippen LogP contribution in [0.25, 0.3) is 0 Å². The second-order valence-corrected chi connectivity index (χ2v) is 6.20. The van der Waals surface area contributed by atoms with E-state index in [1.165, 1.54) is 0 Å². The van der Waals surface area contributed by atoms with Gasteiger partial charge in [-0.05, 0) is 18.3 Å². The van der Waals surface area contributed by atoms with Crippen molar-refractivity contribution in [2.75, 3.05) is 19.8 Å². The fourth-order valence-electron chi connectivity index (χ4n) is 2.48. The number of nitrogens with zero attached hydrogens (tertiary/aromatic N) is 1. The summed E-state index contributed by atoms with van der Waals surface area (Å²) in [5, 5.41) is 3.46. The van der Waals surface area contributed by atoms with Gasteiger partial charge >= 0.3 is 0 Å². The minimum Gasteiger partial charge on any atom is -0.379 e. The fraction of sp³-hybridized carbons (Fsp3) is 0.933. The summed E-state index contributed by atoms with van der Waals surface area (Å²) in [5.41, 5.74) is 0. The van der Waals surface area contributed by atoms with E-state index in [1.807, 2.05) is 4.90 Å². The van der Waals surface area contributed by atoms with Crippen molar-refractivity contribution < 1.29 is 9.53 Å². The van der Waals surface area contributed by atoms with Gasteiger partial charge in [-0.15, -0.1) is 0 Å². The first-order valence-electron chi connectivity index (χ1n) is 7.61. The van der Waals surface area contributed by atoms with E-state index in [1.54, 1.807) is 0 Å². The van der Waals surface area contributed by atoms with E-state index < -0.39 is 0 Å². The second kappa shape index (κ2) is 7.85. The Kier molecular flexibility index (Phi) is 6.80. The minimum absolute atomic E-state index is 0.00231. The molecule has 2 atom stereocenters. The highest BCUT2D eigenvalue weighted by atomic mass is 16.5. The van der Waals surface area contributed by atoms with Crippen LogP contribution in [0.15, 0.2) is 0 Å². The molecule has 0 radical (unpaired) electrons. The zero-order valence-electron chi connectivity index (χ0n) is 13.1. The summed E-state index contributed by atoms with van der Waals surface area (Å²) < 4.78 is 5.61. The van der Waals surface area contributed by atoms with Gasteiger partial charge in [0.15, 0.2) is 0 Å². The first-order chi connectivity index (χ1) is 8.97. The van der Waals surface area contributed by atoms with Crippen molar-refractivity contribution in [1.82, 2.24) is 10.2 Å². The number of carbonyl (C=O) groups excluding carboxylic acids is 1. The smallest absolute Gasteiger partial charge is 0.241 e. The lowest BCUT2D eigenvalue weighted by Crippen LogP contribution is -2.43. The zero-order valence-corrected chi connectivity index (χ0v) is 13.1. The Morgan fingerprint density at radius 3 is 2.53 bits per heavy atom. The van der Waals surface area contributed by atoms with Gasteiger partial charge in [0.2, 0.25) is 5.91 Å². The summed E-state index contributed by atoms with van der Waals surface area (Å²) >= 11 is 0. The van der Waals surface area contributed by atoms with E-state index >= 15 is 0 Å². The van der Waals surface area contributed by atoms with Gasteiger partial charge in [-0.1, -0.05) is 41.0 Å². The summed E-state index contributed by atoms with van der Waals surface area (Å²) in [4.78, 5) is 14.3. The van der Waals surface area contributed by atoms with Crippen LogP contribution in [0.3, 0.4) is 0 Å². The fourth-order valence-corrected chi connectivity index (χ4v) is 2.48. The molecule has 0 aromatic heterocycles. The predicted molar refractivity (Wildman–Crippen MR) is 77.8 cm³/mol. The Morgan fingerprint density at radius 1 is 1.32 bits per heavy atom. The topological polar surface area (TPSA) is 41.6 Å². The Balaban J connectivity index is 2.49. The van der Waals surface area contributed by atoms with Crippen molar-refractivity contribution in [2.45, 2.75) is 59.7 Å². The molecular weight excluding hydrogens is 240 g/mol. The van der Waals surface area contributed by atoms with E-state index in [0.29, 0.717) is 25.0 Å². The van der Waals surface area contributed by atoms with Gasteiger partial charge in [-0.25, -0.2) is 0 Å². The van der Waals surface area contributed by atoms with E-state index in [2.05, 4.69) is 39.9 Å². The summed E-state index contributed by atoms with van der Waals surface area (Å²) in [6.07, 6.45) is 2.11. The molecule has 1 heterocycles. The van der Waals surface area contributed by atoms with Crippen LogP contribution < -0.4 is 5.32 Å². The third-order valence-corrected chi connectivity index (χ3v) is 3.43. The van der Waals surface area contributed by atoms with Crippen LogP contribution in [0.5, 0.6) is 0 Å². The normalized spacial score (nSPS) is 23.9. The van der Waals surface area contributed by atoms with Crippen molar-refractivity contribution in [3.05, 3.63) is 0 Å². The largest absolute Gasteiger partial charge is 0.379 e. The van der Waals surface area contributed by atoms with E-state index in [-0.39, 0.29) is 18.1 Å². The highest BCUT2D eigenvalue weighted by Crippen LogP contribution is 2.19. The van der Waals surface area contributed by atoms with E-state index in [4.69, 9.17) is 4.74 Å². The minimum atomic E-state index is 0.00231. The first kappa shape index (κ1) is 16.4. The van der Waals surface area contributed by atoms with Crippen LogP contribution in [0.2, 0.25) is 0 Å². The third-order valence-electron chi connectivity index (χ3n) is 3.43. The summed E-state index contributed by atoms with van der Waals surface area (Å²) in [6.45, 7) is 12.8. The average molecular weight is 270 g/mol. The maximum Gasteiger partial charge on any atom is 0.241 e. The average Bonchev–Trinajstić information content (AvgIpc) is 2.63. The highest BCUT2D eigenvalue weighted by molar-refractivity contribution is 5.84. The van der Waals surface area contributed by atoms with Crippen LogP contribution in [-0.4, -0.2) is 42.8 Å². The molecule has 112 valence electrons. The van der Waals surface area contributed by atoms with Crippen molar-refractivity contribution in [2.24, 2.45) is 11.8 Å². The molecule has 2 unspecified atom stereocenters. The van der Waals surface area contributed by atoms with Gasteiger partial charge in [-0.2, -0.15) is 0 Å². The van der Waals surface area contributed by atoms with Gasteiger partial charge < -0.3 is 9.64 Å². The quantitative estimate of drug-likeness (QED) is 0.688. The maximum absolute atomic E-state index is 12.3. The SMILES string of the molecule is CCCC1NC(C(C)C)N(CCOCC(C)C)C1=O. The van der Waals surface area contributed by atoms with Crippen molar-refractivity contribution >= 4 is 5.91 Å². The molecular formula is C15H30N2O2. The standard InChI is InChI=1S/C15H30N2O2/c1-6-7-13-15(18)17(14(16-13)12(4)5)8-9-19-10-11(2)3/h11-14,16H,6-10H2,1-5H3. The van der Waals surface area contributed by atoms with Crippen LogP contribution in [0, 0.1) is 11.8 Å². The number of rotatable bonds is 8. The molecule has 1 saturated heterocycles. The Labute approximate surface area is 117 Å². The number of amides is 1. The molecule has 19 heavy (non-hydrogen) atoms. The van der Waals surface area contributed by atoms with Crippen LogP contribution >= 0.6 is 0 Å². The molecule has 0 aromatic rings. The lowest BCUT2D eigenvalue weighted by Gasteiger charge is -2.27. The number of nitrogens with one attached hydrogen (secondary N) is 1.